The van der Waals surface area contributed by atoms with Gasteiger partial charge < -0.3 is 4.90 Å². The van der Waals surface area contributed by atoms with Crippen LogP contribution in [0.5, 0.6) is 0 Å². The Morgan fingerprint density at radius 2 is 2.17 bits per heavy atom. The predicted octanol–water partition coefficient (Wildman–Crippen LogP) is 2.41. The summed E-state index contributed by atoms with van der Waals surface area (Å²) >= 11 is 1.29. The quantitative estimate of drug-likeness (QED) is 0.652. The average molecular weight is 181 g/mol. The zero-order valence-electron chi connectivity index (χ0n) is 7.04. The van der Waals surface area contributed by atoms with E-state index in [1.165, 1.54) is 11.8 Å². The highest BCUT2D eigenvalue weighted by molar-refractivity contribution is 8.13. The molecule has 1 rings (SSSR count). The Morgan fingerprint density at radius 1 is 1.50 bits per heavy atom. The summed E-state index contributed by atoms with van der Waals surface area (Å²) < 4.78 is 0. The Kier molecular flexibility index (Phi) is 2.76. The number of thioether (sulfide) groups is 1. The fourth-order valence-electron chi connectivity index (χ4n) is 1.06. The first-order valence-electron chi connectivity index (χ1n) is 3.59. The molecule has 0 saturated heterocycles. The molecule has 0 atom stereocenters. The van der Waals surface area contributed by atoms with Crippen molar-refractivity contribution in [3.8, 4) is 0 Å². The fraction of sp³-hybridized carbons (Fsp3) is 0.222. The SMILES string of the molecule is C=CC1=C(C=C)N(C)C(=O)SC1. The minimum absolute atomic E-state index is 0.0653. The van der Waals surface area contributed by atoms with Crippen molar-refractivity contribution in [1.29, 1.82) is 0 Å². The molecule has 0 saturated carbocycles. The van der Waals surface area contributed by atoms with Gasteiger partial charge in [-0.15, -0.1) is 0 Å². The minimum Gasteiger partial charge on any atom is -0.306 e. The van der Waals surface area contributed by atoms with Gasteiger partial charge in [0.05, 0.1) is 0 Å². The standard InChI is InChI=1S/C9H11NOS/c1-4-7-6-12-9(11)10(3)8(7)5-2/h4-5H,1-2,6H2,3H3. The maximum absolute atomic E-state index is 11.2. The summed E-state index contributed by atoms with van der Waals surface area (Å²) in [4.78, 5) is 12.8. The molecule has 1 aliphatic heterocycles. The van der Waals surface area contributed by atoms with Gasteiger partial charge in [-0.1, -0.05) is 31.0 Å². The number of hydrogen-bond acceptors (Lipinski definition) is 2. The Hall–Kier alpha value is -0.960. The first-order chi connectivity index (χ1) is 5.70. The highest BCUT2D eigenvalue weighted by Crippen LogP contribution is 2.26. The van der Waals surface area contributed by atoms with E-state index < -0.39 is 0 Å². The smallest absolute Gasteiger partial charge is 0.286 e. The molecule has 0 aromatic rings. The first kappa shape index (κ1) is 9.13. The predicted molar refractivity (Wildman–Crippen MR) is 53.0 cm³/mol. The van der Waals surface area contributed by atoms with Gasteiger partial charge in [0.1, 0.15) is 0 Å². The largest absolute Gasteiger partial charge is 0.306 e. The molecule has 1 amide bonds. The van der Waals surface area contributed by atoms with E-state index >= 15 is 0 Å². The maximum atomic E-state index is 11.2. The molecular weight excluding hydrogens is 170 g/mol. The van der Waals surface area contributed by atoms with Crippen LogP contribution < -0.4 is 0 Å². The highest BCUT2D eigenvalue weighted by Gasteiger charge is 2.20. The highest BCUT2D eigenvalue weighted by atomic mass is 32.2. The van der Waals surface area contributed by atoms with Crippen LogP contribution in [0, 0.1) is 0 Å². The van der Waals surface area contributed by atoms with Crippen LogP contribution in [0.4, 0.5) is 4.79 Å². The summed E-state index contributed by atoms with van der Waals surface area (Å²) in [5, 5.41) is 0.0653. The number of carbonyl (C=O) groups excluding carboxylic acids is 1. The normalized spacial score (nSPS) is 18.1. The van der Waals surface area contributed by atoms with E-state index in [1.807, 2.05) is 0 Å². The Bertz CT molecular complexity index is 268. The van der Waals surface area contributed by atoms with Crippen LogP contribution in [0.15, 0.2) is 36.6 Å². The molecule has 64 valence electrons. The lowest BCUT2D eigenvalue weighted by molar-refractivity contribution is 0.243. The van der Waals surface area contributed by atoms with Crippen LogP contribution in [0.3, 0.4) is 0 Å². The third-order valence-corrected chi connectivity index (χ3v) is 2.73. The average Bonchev–Trinajstić information content (AvgIpc) is 2.09. The van der Waals surface area contributed by atoms with E-state index in [2.05, 4.69) is 13.2 Å². The number of rotatable bonds is 2. The molecule has 0 aromatic heterocycles. The molecule has 1 heterocycles. The molecule has 3 heteroatoms. The van der Waals surface area contributed by atoms with Crippen molar-refractivity contribution in [2.75, 3.05) is 12.8 Å². The van der Waals surface area contributed by atoms with E-state index in [0.717, 1.165) is 11.3 Å². The van der Waals surface area contributed by atoms with Gasteiger partial charge in [0, 0.05) is 18.5 Å². The molecule has 0 spiro atoms. The summed E-state index contributed by atoms with van der Waals surface area (Å²) in [5.41, 5.74) is 1.94. The van der Waals surface area contributed by atoms with Crippen LogP contribution in [0.25, 0.3) is 0 Å². The van der Waals surface area contributed by atoms with E-state index in [-0.39, 0.29) is 5.24 Å². The van der Waals surface area contributed by atoms with Crippen LogP contribution in [-0.4, -0.2) is 22.9 Å². The lowest BCUT2D eigenvalue weighted by atomic mass is 10.2. The number of hydrogen-bond donors (Lipinski definition) is 0. The molecule has 0 unspecified atom stereocenters. The molecular formula is C9H11NOS. The molecule has 0 radical (unpaired) electrons. The fourth-order valence-corrected chi connectivity index (χ4v) is 1.89. The monoisotopic (exact) mass is 181 g/mol. The zero-order valence-corrected chi connectivity index (χ0v) is 7.86. The number of likely N-dealkylation sites (N-methyl/N-ethyl adjacent to an activating group) is 1. The van der Waals surface area contributed by atoms with Crippen molar-refractivity contribution in [3.63, 3.8) is 0 Å². The summed E-state index contributed by atoms with van der Waals surface area (Å²) in [6.45, 7) is 7.34. The van der Waals surface area contributed by atoms with Crippen molar-refractivity contribution < 1.29 is 4.79 Å². The summed E-state index contributed by atoms with van der Waals surface area (Å²) in [5.74, 6) is 0.702. The molecule has 12 heavy (non-hydrogen) atoms. The molecule has 0 N–H and O–H groups in total. The van der Waals surface area contributed by atoms with Crippen LogP contribution in [-0.2, 0) is 0 Å². The number of nitrogens with zero attached hydrogens (tertiary/aromatic N) is 1. The maximum Gasteiger partial charge on any atom is 0.286 e. The van der Waals surface area contributed by atoms with E-state index in [9.17, 15) is 4.79 Å². The van der Waals surface area contributed by atoms with Gasteiger partial charge in [-0.3, -0.25) is 4.79 Å². The summed E-state index contributed by atoms with van der Waals surface area (Å²) in [6, 6.07) is 0. The molecule has 1 aliphatic rings. The second-order valence-corrected chi connectivity index (χ2v) is 3.36. The van der Waals surface area contributed by atoms with Crippen LogP contribution in [0.2, 0.25) is 0 Å². The molecule has 0 fully saturated rings. The van der Waals surface area contributed by atoms with Gasteiger partial charge >= 0.3 is 0 Å². The topological polar surface area (TPSA) is 20.3 Å². The third kappa shape index (κ3) is 1.46. The number of carbonyl (C=O) groups is 1. The van der Waals surface area contributed by atoms with Crippen molar-refractivity contribution in [2.45, 2.75) is 0 Å². The van der Waals surface area contributed by atoms with Crippen molar-refractivity contribution in [3.05, 3.63) is 36.6 Å². The van der Waals surface area contributed by atoms with E-state index in [0.29, 0.717) is 5.75 Å². The minimum atomic E-state index is 0.0653. The van der Waals surface area contributed by atoms with Gasteiger partial charge in [0.25, 0.3) is 5.24 Å². The lowest BCUT2D eigenvalue weighted by Crippen LogP contribution is -2.26. The molecule has 0 bridgehead atoms. The molecule has 0 aliphatic carbocycles. The zero-order chi connectivity index (χ0) is 9.14. The second kappa shape index (κ2) is 3.63. The van der Waals surface area contributed by atoms with Crippen LogP contribution >= 0.6 is 11.8 Å². The summed E-state index contributed by atoms with van der Waals surface area (Å²) in [7, 11) is 1.75. The molecule has 0 aromatic carbocycles. The number of allylic oxidation sites excluding steroid dienone is 2. The van der Waals surface area contributed by atoms with Gasteiger partial charge in [0.2, 0.25) is 0 Å². The Morgan fingerprint density at radius 3 is 2.67 bits per heavy atom. The summed E-state index contributed by atoms with van der Waals surface area (Å²) in [6.07, 6.45) is 3.46. The van der Waals surface area contributed by atoms with Crippen LogP contribution in [0.1, 0.15) is 0 Å². The van der Waals surface area contributed by atoms with E-state index in [4.69, 9.17) is 0 Å². The Labute approximate surface area is 76.6 Å². The lowest BCUT2D eigenvalue weighted by Gasteiger charge is -2.24. The first-order valence-corrected chi connectivity index (χ1v) is 4.57. The molecule has 2 nitrogen and oxygen atoms in total. The van der Waals surface area contributed by atoms with Gasteiger partial charge in [-0.2, -0.15) is 0 Å². The Balaban J connectivity index is 3.07. The third-order valence-electron chi connectivity index (χ3n) is 1.76. The van der Waals surface area contributed by atoms with Crippen molar-refractivity contribution in [1.82, 2.24) is 4.90 Å². The van der Waals surface area contributed by atoms with Gasteiger partial charge in [-0.05, 0) is 11.6 Å². The second-order valence-electron chi connectivity index (χ2n) is 2.43. The number of amides is 1. The van der Waals surface area contributed by atoms with Crippen molar-refractivity contribution in [2.24, 2.45) is 0 Å². The van der Waals surface area contributed by atoms with Crippen molar-refractivity contribution >= 4 is 17.0 Å². The van der Waals surface area contributed by atoms with Gasteiger partial charge in [0.15, 0.2) is 0 Å². The van der Waals surface area contributed by atoms with Gasteiger partial charge in [-0.25, -0.2) is 0 Å². The van der Waals surface area contributed by atoms with E-state index in [1.54, 1.807) is 24.1 Å².